The highest BCUT2D eigenvalue weighted by Crippen LogP contribution is 2.23. The van der Waals surface area contributed by atoms with Gasteiger partial charge in [-0.25, -0.2) is 4.39 Å². The lowest BCUT2D eigenvalue weighted by Crippen LogP contribution is -1.96. The third-order valence-electron chi connectivity index (χ3n) is 1.55. The normalized spacial score (nSPS) is 9.38. The largest absolute Gasteiger partial charge is 0.291 e. The van der Waals surface area contributed by atoms with Gasteiger partial charge in [-0.2, -0.15) is 0 Å². The molecule has 0 atom stereocenters. The predicted octanol–water partition coefficient (Wildman–Crippen LogP) is 2.46. The van der Waals surface area contributed by atoms with Gasteiger partial charge >= 0.3 is 0 Å². The molecule has 0 aliphatic carbocycles. The Bertz CT molecular complexity index is 359. The molecule has 0 unspecified atom stereocenters. The average Bonchev–Trinajstić information content (AvgIpc) is 2.10. The van der Waals surface area contributed by atoms with Crippen molar-refractivity contribution < 1.29 is 9.60 Å². The molecule has 0 spiro atoms. The van der Waals surface area contributed by atoms with E-state index in [2.05, 4.69) is 5.92 Å². The average molecular weight is 200 g/mol. The van der Waals surface area contributed by atoms with Gasteiger partial charge < -0.3 is 0 Å². The first-order valence-corrected chi connectivity index (χ1v) is 3.88. The maximum Gasteiger partial charge on any atom is 0.150 e. The van der Waals surface area contributed by atoms with Crippen molar-refractivity contribution >= 4 is 17.3 Å². The van der Waals surface area contributed by atoms with Gasteiger partial charge in [0.15, 0.2) is 0 Å². The second-order valence-electron chi connectivity index (χ2n) is 2.42. The van der Waals surface area contributed by atoms with Gasteiger partial charge in [0.25, 0.3) is 0 Å². The summed E-state index contributed by atoms with van der Waals surface area (Å²) in [7, 11) is 0. The molecule has 0 aliphatic heterocycles. The molecule has 4 heteroatoms. The number of anilines is 1. The van der Waals surface area contributed by atoms with E-state index in [9.17, 15) is 4.39 Å². The Morgan fingerprint density at radius 2 is 2.31 bits per heavy atom. The summed E-state index contributed by atoms with van der Waals surface area (Å²) < 4.78 is 12.9. The standard InChI is InChI=1S/C9H7ClFNO/c1-2-3-6-4-9(12-13)8(11)5-7(6)10/h1,4-5,12-13H,3H2. The number of hydrogen-bond acceptors (Lipinski definition) is 2. The van der Waals surface area contributed by atoms with E-state index >= 15 is 0 Å². The molecule has 0 fully saturated rings. The molecular weight excluding hydrogens is 193 g/mol. The van der Waals surface area contributed by atoms with Gasteiger partial charge in [0.1, 0.15) is 5.82 Å². The van der Waals surface area contributed by atoms with Gasteiger partial charge in [-0.05, 0) is 17.7 Å². The van der Waals surface area contributed by atoms with Crippen molar-refractivity contribution in [2.24, 2.45) is 0 Å². The third kappa shape index (κ3) is 2.11. The summed E-state index contributed by atoms with van der Waals surface area (Å²) in [5, 5.41) is 8.78. The Balaban J connectivity index is 3.16. The zero-order valence-corrected chi connectivity index (χ0v) is 7.40. The highest BCUT2D eigenvalue weighted by Gasteiger charge is 2.06. The first-order valence-electron chi connectivity index (χ1n) is 3.50. The van der Waals surface area contributed by atoms with Crippen molar-refractivity contribution in [3.63, 3.8) is 0 Å². The minimum absolute atomic E-state index is 0.0327. The minimum atomic E-state index is -0.617. The molecule has 2 N–H and O–H groups in total. The van der Waals surface area contributed by atoms with Crippen LogP contribution in [-0.2, 0) is 6.42 Å². The molecule has 0 saturated heterocycles. The van der Waals surface area contributed by atoms with Gasteiger partial charge in [0.2, 0.25) is 0 Å². The van der Waals surface area contributed by atoms with Crippen molar-refractivity contribution in [2.45, 2.75) is 6.42 Å². The molecule has 0 aromatic heterocycles. The number of hydrogen-bond donors (Lipinski definition) is 2. The predicted molar refractivity (Wildman–Crippen MR) is 49.4 cm³/mol. The molecular formula is C9H7ClFNO. The molecule has 0 aliphatic rings. The Morgan fingerprint density at radius 1 is 1.62 bits per heavy atom. The number of benzene rings is 1. The van der Waals surface area contributed by atoms with Crippen LogP contribution in [0.2, 0.25) is 5.02 Å². The van der Waals surface area contributed by atoms with Gasteiger partial charge in [-0.1, -0.05) is 11.6 Å². The fourth-order valence-corrected chi connectivity index (χ4v) is 1.14. The molecule has 13 heavy (non-hydrogen) atoms. The van der Waals surface area contributed by atoms with Crippen LogP contribution < -0.4 is 5.48 Å². The maximum atomic E-state index is 12.9. The third-order valence-corrected chi connectivity index (χ3v) is 1.90. The Hall–Kier alpha value is -1.24. The van der Waals surface area contributed by atoms with Crippen LogP contribution in [0, 0.1) is 18.2 Å². The van der Waals surface area contributed by atoms with Crippen LogP contribution >= 0.6 is 11.6 Å². The monoisotopic (exact) mass is 199 g/mol. The van der Waals surface area contributed by atoms with E-state index in [0.717, 1.165) is 6.07 Å². The van der Waals surface area contributed by atoms with E-state index in [-0.39, 0.29) is 10.7 Å². The second kappa shape index (κ2) is 4.13. The molecule has 1 rings (SSSR count). The summed E-state index contributed by atoms with van der Waals surface area (Å²) in [4.78, 5) is 0. The fraction of sp³-hybridized carbons (Fsp3) is 0.111. The van der Waals surface area contributed by atoms with Crippen molar-refractivity contribution in [3.05, 3.63) is 28.5 Å². The number of nitrogens with one attached hydrogen (secondary N) is 1. The fourth-order valence-electron chi connectivity index (χ4n) is 0.925. The Labute approximate surface area is 80.3 Å². The summed E-state index contributed by atoms with van der Waals surface area (Å²) >= 11 is 5.69. The molecule has 0 radical (unpaired) electrons. The molecule has 0 amide bonds. The van der Waals surface area contributed by atoms with E-state index in [1.165, 1.54) is 6.07 Å². The van der Waals surface area contributed by atoms with E-state index in [0.29, 0.717) is 12.0 Å². The van der Waals surface area contributed by atoms with E-state index in [1.54, 1.807) is 5.48 Å². The first kappa shape index (κ1) is 9.85. The molecule has 0 saturated carbocycles. The number of terminal acetylenes is 1. The molecule has 1 aromatic rings. The van der Waals surface area contributed by atoms with Crippen LogP contribution in [0.1, 0.15) is 5.56 Å². The van der Waals surface area contributed by atoms with Crippen molar-refractivity contribution in [1.29, 1.82) is 0 Å². The van der Waals surface area contributed by atoms with Crippen molar-refractivity contribution in [1.82, 2.24) is 0 Å². The van der Waals surface area contributed by atoms with Crippen LogP contribution in [0.3, 0.4) is 0 Å². The number of halogens is 2. The highest BCUT2D eigenvalue weighted by atomic mass is 35.5. The molecule has 0 heterocycles. The summed E-state index contributed by atoms with van der Waals surface area (Å²) in [5.41, 5.74) is 2.29. The summed E-state index contributed by atoms with van der Waals surface area (Å²) in [6.07, 6.45) is 5.37. The van der Waals surface area contributed by atoms with Gasteiger partial charge in [0.05, 0.1) is 5.69 Å². The van der Waals surface area contributed by atoms with E-state index < -0.39 is 5.82 Å². The van der Waals surface area contributed by atoms with E-state index in [1.807, 2.05) is 0 Å². The van der Waals surface area contributed by atoms with Crippen LogP contribution in [0.15, 0.2) is 12.1 Å². The lowest BCUT2D eigenvalue weighted by Gasteiger charge is -2.05. The summed E-state index contributed by atoms with van der Waals surface area (Å²) in [6, 6.07) is 2.48. The first-order chi connectivity index (χ1) is 6.19. The lowest BCUT2D eigenvalue weighted by atomic mass is 10.1. The van der Waals surface area contributed by atoms with Crippen LogP contribution in [-0.4, -0.2) is 5.21 Å². The highest BCUT2D eigenvalue weighted by molar-refractivity contribution is 6.31. The Kier molecular flexibility index (Phi) is 3.13. The van der Waals surface area contributed by atoms with Crippen LogP contribution in [0.5, 0.6) is 0 Å². The molecule has 1 aromatic carbocycles. The molecule has 68 valence electrons. The summed E-state index contributed by atoms with van der Waals surface area (Å²) in [6.45, 7) is 0. The smallest absolute Gasteiger partial charge is 0.150 e. The van der Waals surface area contributed by atoms with Crippen molar-refractivity contribution in [2.75, 3.05) is 5.48 Å². The van der Waals surface area contributed by atoms with Crippen LogP contribution in [0.25, 0.3) is 0 Å². The Morgan fingerprint density at radius 3 is 2.85 bits per heavy atom. The van der Waals surface area contributed by atoms with Gasteiger partial charge in [0, 0.05) is 11.4 Å². The van der Waals surface area contributed by atoms with Gasteiger partial charge in [-0.3, -0.25) is 10.7 Å². The van der Waals surface area contributed by atoms with Gasteiger partial charge in [-0.15, -0.1) is 12.3 Å². The second-order valence-corrected chi connectivity index (χ2v) is 2.82. The SMILES string of the molecule is C#CCc1cc(NO)c(F)cc1Cl. The van der Waals surface area contributed by atoms with Crippen LogP contribution in [0.4, 0.5) is 10.1 Å². The number of rotatable bonds is 2. The zero-order chi connectivity index (χ0) is 9.84. The lowest BCUT2D eigenvalue weighted by molar-refractivity contribution is 0.384. The van der Waals surface area contributed by atoms with Crippen molar-refractivity contribution in [3.8, 4) is 12.3 Å². The maximum absolute atomic E-state index is 12.9. The quantitative estimate of drug-likeness (QED) is 0.567. The zero-order valence-electron chi connectivity index (χ0n) is 6.64. The molecule has 2 nitrogen and oxygen atoms in total. The summed E-state index contributed by atoms with van der Waals surface area (Å²) in [5.74, 6) is 1.76. The molecule has 0 bridgehead atoms. The minimum Gasteiger partial charge on any atom is -0.291 e. The van der Waals surface area contributed by atoms with E-state index in [4.69, 9.17) is 23.2 Å². The topological polar surface area (TPSA) is 32.3 Å².